The van der Waals surface area contributed by atoms with Gasteiger partial charge in [-0.05, 0) is 55.4 Å². The second kappa shape index (κ2) is 6.16. The minimum atomic E-state index is -0.211. The fraction of sp³-hybridized carbons (Fsp3) is 0.600. The van der Waals surface area contributed by atoms with Crippen molar-refractivity contribution in [2.75, 3.05) is 23.8 Å². The number of thioether (sulfide) groups is 2. The quantitative estimate of drug-likeness (QED) is 0.839. The fourth-order valence-corrected chi connectivity index (χ4v) is 5.55. The maximum absolute atomic E-state index is 13.4. The molecule has 1 aromatic rings. The molecule has 2 aliphatic rings. The monoisotopic (exact) mass is 313 g/mol. The highest BCUT2D eigenvalue weighted by atomic mass is 32.2. The average molecular weight is 313 g/mol. The number of halogens is 1. The SMILES string of the molecule is Nc1ccc(F)cc1SC1CCOC2(CCSCC2)C1. The molecule has 0 radical (unpaired) electrons. The molecule has 1 aromatic carbocycles. The Morgan fingerprint density at radius 3 is 2.95 bits per heavy atom. The van der Waals surface area contributed by atoms with Crippen LogP contribution in [-0.4, -0.2) is 29.0 Å². The minimum Gasteiger partial charge on any atom is -0.398 e. The van der Waals surface area contributed by atoms with Crippen LogP contribution in [-0.2, 0) is 4.74 Å². The Morgan fingerprint density at radius 2 is 2.15 bits per heavy atom. The molecule has 2 heterocycles. The molecule has 110 valence electrons. The van der Waals surface area contributed by atoms with Gasteiger partial charge in [-0.1, -0.05) is 0 Å². The number of nitrogens with two attached hydrogens (primary N) is 1. The molecule has 2 N–H and O–H groups in total. The van der Waals surface area contributed by atoms with E-state index in [0.29, 0.717) is 10.9 Å². The lowest BCUT2D eigenvalue weighted by atomic mass is 9.88. The molecule has 1 spiro atoms. The van der Waals surface area contributed by atoms with Crippen molar-refractivity contribution < 1.29 is 9.13 Å². The molecule has 2 fully saturated rings. The van der Waals surface area contributed by atoms with Crippen LogP contribution in [0.3, 0.4) is 0 Å². The molecule has 20 heavy (non-hydrogen) atoms. The zero-order valence-electron chi connectivity index (χ0n) is 11.4. The maximum atomic E-state index is 13.4. The molecule has 1 unspecified atom stereocenters. The van der Waals surface area contributed by atoms with Gasteiger partial charge < -0.3 is 10.5 Å². The zero-order chi connectivity index (χ0) is 14.0. The molecular weight excluding hydrogens is 293 g/mol. The molecule has 0 aliphatic carbocycles. The van der Waals surface area contributed by atoms with E-state index in [1.807, 2.05) is 11.8 Å². The average Bonchev–Trinajstić information content (AvgIpc) is 2.44. The van der Waals surface area contributed by atoms with Crippen molar-refractivity contribution in [3.05, 3.63) is 24.0 Å². The second-order valence-corrected chi connectivity index (χ2v) is 8.13. The van der Waals surface area contributed by atoms with Crippen LogP contribution in [0.5, 0.6) is 0 Å². The first-order valence-electron chi connectivity index (χ1n) is 7.10. The van der Waals surface area contributed by atoms with Crippen LogP contribution in [0.4, 0.5) is 10.1 Å². The van der Waals surface area contributed by atoms with Crippen molar-refractivity contribution in [3.8, 4) is 0 Å². The highest BCUT2D eigenvalue weighted by Gasteiger charge is 2.39. The number of hydrogen-bond donors (Lipinski definition) is 1. The predicted octanol–water partition coefficient (Wildman–Crippen LogP) is 3.94. The summed E-state index contributed by atoms with van der Waals surface area (Å²) in [6.07, 6.45) is 4.38. The molecule has 0 amide bonds. The summed E-state index contributed by atoms with van der Waals surface area (Å²) in [5.74, 6) is 2.18. The molecule has 2 aliphatic heterocycles. The van der Waals surface area contributed by atoms with Gasteiger partial charge in [0.05, 0.1) is 5.60 Å². The molecule has 5 heteroatoms. The predicted molar refractivity (Wildman–Crippen MR) is 84.9 cm³/mol. The highest BCUT2D eigenvalue weighted by Crippen LogP contribution is 2.43. The molecule has 3 rings (SSSR count). The lowest BCUT2D eigenvalue weighted by Gasteiger charge is -2.43. The summed E-state index contributed by atoms with van der Waals surface area (Å²) in [5, 5.41) is 0.482. The van der Waals surface area contributed by atoms with Crippen LogP contribution in [0, 0.1) is 5.82 Å². The number of hydrogen-bond acceptors (Lipinski definition) is 4. The van der Waals surface area contributed by atoms with Crippen molar-refractivity contribution in [3.63, 3.8) is 0 Å². The van der Waals surface area contributed by atoms with Gasteiger partial charge in [-0.15, -0.1) is 11.8 Å². The highest BCUT2D eigenvalue weighted by molar-refractivity contribution is 8.00. The van der Waals surface area contributed by atoms with Crippen molar-refractivity contribution in [1.29, 1.82) is 0 Å². The number of rotatable bonds is 2. The summed E-state index contributed by atoms with van der Waals surface area (Å²) < 4.78 is 19.4. The van der Waals surface area contributed by atoms with E-state index >= 15 is 0 Å². The Labute approximate surface area is 128 Å². The van der Waals surface area contributed by atoms with E-state index in [2.05, 4.69) is 0 Å². The van der Waals surface area contributed by atoms with Crippen LogP contribution < -0.4 is 5.73 Å². The van der Waals surface area contributed by atoms with Gasteiger partial charge in [0.1, 0.15) is 5.82 Å². The van der Waals surface area contributed by atoms with Gasteiger partial charge in [-0.25, -0.2) is 4.39 Å². The Kier molecular flexibility index (Phi) is 4.48. The van der Waals surface area contributed by atoms with Crippen molar-refractivity contribution >= 4 is 29.2 Å². The largest absolute Gasteiger partial charge is 0.398 e. The lowest BCUT2D eigenvalue weighted by Crippen LogP contribution is -2.43. The number of anilines is 1. The van der Waals surface area contributed by atoms with Crippen molar-refractivity contribution in [2.24, 2.45) is 0 Å². The van der Waals surface area contributed by atoms with Crippen LogP contribution >= 0.6 is 23.5 Å². The molecule has 0 aromatic heterocycles. The Balaban J connectivity index is 1.69. The van der Waals surface area contributed by atoms with Gasteiger partial charge in [0.25, 0.3) is 0 Å². The first kappa shape index (κ1) is 14.5. The topological polar surface area (TPSA) is 35.2 Å². The number of ether oxygens (including phenoxy) is 1. The Bertz CT molecular complexity index is 471. The molecular formula is C15H20FNOS2. The smallest absolute Gasteiger partial charge is 0.124 e. The maximum Gasteiger partial charge on any atom is 0.124 e. The van der Waals surface area contributed by atoms with Crippen LogP contribution in [0.15, 0.2) is 23.1 Å². The molecule has 1 atom stereocenters. The van der Waals surface area contributed by atoms with Gasteiger partial charge in [0.2, 0.25) is 0 Å². The number of nitrogen functional groups attached to an aromatic ring is 1. The fourth-order valence-electron chi connectivity index (χ4n) is 2.97. The molecule has 2 nitrogen and oxygen atoms in total. The summed E-state index contributed by atoms with van der Waals surface area (Å²) in [6, 6.07) is 4.63. The van der Waals surface area contributed by atoms with E-state index in [1.54, 1.807) is 23.9 Å². The van der Waals surface area contributed by atoms with Crippen LogP contribution in [0.2, 0.25) is 0 Å². The van der Waals surface area contributed by atoms with Crippen LogP contribution in [0.1, 0.15) is 25.7 Å². The second-order valence-electron chi connectivity index (χ2n) is 5.56. The normalized spacial score (nSPS) is 25.8. The summed E-state index contributed by atoms with van der Waals surface area (Å²) in [6.45, 7) is 0.817. The first-order chi connectivity index (χ1) is 9.67. The summed E-state index contributed by atoms with van der Waals surface area (Å²) >= 11 is 3.74. The van der Waals surface area contributed by atoms with Crippen molar-refractivity contribution in [2.45, 2.75) is 41.4 Å². The van der Waals surface area contributed by atoms with Gasteiger partial charge in [0, 0.05) is 22.4 Å². The zero-order valence-corrected chi connectivity index (χ0v) is 13.1. The van der Waals surface area contributed by atoms with Gasteiger partial charge in [-0.3, -0.25) is 0 Å². The lowest BCUT2D eigenvalue weighted by molar-refractivity contribution is -0.0804. The third kappa shape index (κ3) is 3.26. The molecule has 0 saturated carbocycles. The van der Waals surface area contributed by atoms with Crippen LogP contribution in [0.25, 0.3) is 0 Å². The van der Waals surface area contributed by atoms with E-state index in [4.69, 9.17) is 10.5 Å². The number of benzene rings is 1. The molecule has 2 saturated heterocycles. The third-order valence-electron chi connectivity index (χ3n) is 4.12. The molecule has 0 bridgehead atoms. The van der Waals surface area contributed by atoms with Gasteiger partial charge in [-0.2, -0.15) is 11.8 Å². The Morgan fingerprint density at radius 1 is 1.35 bits per heavy atom. The standard InChI is InChI=1S/C15H20FNOS2/c16-11-1-2-13(17)14(9-11)20-12-3-6-18-15(10-12)4-7-19-8-5-15/h1-2,9,12H,3-8,10,17H2. The Hall–Kier alpha value is -0.390. The minimum absolute atomic E-state index is 0.0727. The van der Waals surface area contributed by atoms with E-state index in [1.165, 1.54) is 17.6 Å². The summed E-state index contributed by atoms with van der Waals surface area (Å²) in [7, 11) is 0. The van der Waals surface area contributed by atoms with Gasteiger partial charge in [0.15, 0.2) is 0 Å². The third-order valence-corrected chi connectivity index (χ3v) is 6.45. The van der Waals surface area contributed by atoms with E-state index in [0.717, 1.165) is 37.2 Å². The van der Waals surface area contributed by atoms with Crippen molar-refractivity contribution in [1.82, 2.24) is 0 Å². The first-order valence-corrected chi connectivity index (χ1v) is 9.14. The van der Waals surface area contributed by atoms with E-state index in [-0.39, 0.29) is 11.4 Å². The van der Waals surface area contributed by atoms with E-state index in [9.17, 15) is 4.39 Å². The summed E-state index contributed by atoms with van der Waals surface area (Å²) in [5.41, 5.74) is 6.70. The van der Waals surface area contributed by atoms with E-state index < -0.39 is 0 Å². The summed E-state index contributed by atoms with van der Waals surface area (Å²) in [4.78, 5) is 0.872. The van der Waals surface area contributed by atoms with Gasteiger partial charge >= 0.3 is 0 Å².